The summed E-state index contributed by atoms with van der Waals surface area (Å²) in [6.45, 7) is 7.60. The monoisotopic (exact) mass is 224 g/mol. The van der Waals surface area contributed by atoms with Gasteiger partial charge in [-0.3, -0.25) is 4.90 Å². The summed E-state index contributed by atoms with van der Waals surface area (Å²) in [6, 6.07) is 2.65. The van der Waals surface area contributed by atoms with Crippen LogP contribution in [0.4, 0.5) is 0 Å². The van der Waals surface area contributed by atoms with Crippen molar-refractivity contribution in [3.63, 3.8) is 0 Å². The SMILES string of the molecule is CCNCCCC(C)N(C)Cc1ccoc1. The molecule has 3 heteroatoms. The molecule has 0 radical (unpaired) electrons. The summed E-state index contributed by atoms with van der Waals surface area (Å²) in [6.07, 6.45) is 6.03. The quantitative estimate of drug-likeness (QED) is 0.688. The van der Waals surface area contributed by atoms with Gasteiger partial charge in [0.05, 0.1) is 12.5 Å². The normalized spacial score (nSPS) is 13.2. The Kier molecular flexibility index (Phi) is 6.19. The molecule has 0 saturated carbocycles. The molecule has 0 aliphatic heterocycles. The highest BCUT2D eigenvalue weighted by Crippen LogP contribution is 2.09. The van der Waals surface area contributed by atoms with E-state index in [1.807, 2.05) is 12.3 Å². The highest BCUT2D eigenvalue weighted by atomic mass is 16.3. The topological polar surface area (TPSA) is 28.4 Å². The molecule has 0 aromatic carbocycles. The molecule has 3 nitrogen and oxygen atoms in total. The van der Waals surface area contributed by atoms with E-state index in [1.165, 1.54) is 18.4 Å². The van der Waals surface area contributed by atoms with Crippen LogP contribution in [-0.2, 0) is 6.54 Å². The first-order valence-corrected chi connectivity index (χ1v) is 6.16. The highest BCUT2D eigenvalue weighted by molar-refractivity contribution is 5.04. The molecule has 0 aliphatic rings. The predicted octanol–water partition coefficient (Wildman–Crippen LogP) is 2.49. The van der Waals surface area contributed by atoms with E-state index in [0.717, 1.165) is 19.6 Å². The van der Waals surface area contributed by atoms with Gasteiger partial charge in [0, 0.05) is 18.2 Å². The van der Waals surface area contributed by atoms with Crippen LogP contribution in [0.25, 0.3) is 0 Å². The van der Waals surface area contributed by atoms with E-state index in [4.69, 9.17) is 4.42 Å². The van der Waals surface area contributed by atoms with Crippen LogP contribution >= 0.6 is 0 Å². The fourth-order valence-electron chi connectivity index (χ4n) is 1.75. The van der Waals surface area contributed by atoms with Gasteiger partial charge < -0.3 is 9.73 Å². The van der Waals surface area contributed by atoms with Crippen LogP contribution in [0.2, 0.25) is 0 Å². The summed E-state index contributed by atoms with van der Waals surface area (Å²) in [5, 5.41) is 3.35. The molecule has 0 spiro atoms. The fourth-order valence-corrected chi connectivity index (χ4v) is 1.75. The summed E-state index contributed by atoms with van der Waals surface area (Å²) in [7, 11) is 2.17. The minimum Gasteiger partial charge on any atom is -0.472 e. The third kappa shape index (κ3) is 4.81. The molecule has 1 heterocycles. The molecule has 0 fully saturated rings. The summed E-state index contributed by atoms with van der Waals surface area (Å²) in [4.78, 5) is 2.37. The van der Waals surface area contributed by atoms with Gasteiger partial charge in [0.1, 0.15) is 0 Å². The Bertz CT molecular complexity index is 259. The van der Waals surface area contributed by atoms with Gasteiger partial charge in [-0.05, 0) is 46.0 Å². The first-order chi connectivity index (χ1) is 7.74. The lowest BCUT2D eigenvalue weighted by Gasteiger charge is -2.24. The maximum Gasteiger partial charge on any atom is 0.0947 e. The van der Waals surface area contributed by atoms with Gasteiger partial charge in [0.15, 0.2) is 0 Å². The standard InChI is InChI=1S/C13H24N2O/c1-4-14-8-5-6-12(2)15(3)10-13-7-9-16-11-13/h7,9,11-12,14H,4-6,8,10H2,1-3H3. The molecule has 1 aromatic heterocycles. The molecular formula is C13H24N2O. The van der Waals surface area contributed by atoms with Crippen molar-refractivity contribution in [1.82, 2.24) is 10.2 Å². The van der Waals surface area contributed by atoms with Crippen molar-refractivity contribution in [2.24, 2.45) is 0 Å². The summed E-state index contributed by atoms with van der Waals surface area (Å²) in [5.74, 6) is 0. The zero-order valence-electron chi connectivity index (χ0n) is 10.7. The number of hydrogen-bond acceptors (Lipinski definition) is 3. The van der Waals surface area contributed by atoms with E-state index in [2.05, 4.69) is 31.1 Å². The van der Waals surface area contributed by atoms with Crippen LogP contribution < -0.4 is 5.32 Å². The zero-order valence-corrected chi connectivity index (χ0v) is 10.7. The molecule has 0 amide bonds. The molecule has 0 bridgehead atoms. The lowest BCUT2D eigenvalue weighted by atomic mass is 10.1. The third-order valence-electron chi connectivity index (χ3n) is 2.99. The average molecular weight is 224 g/mol. The van der Waals surface area contributed by atoms with Crippen molar-refractivity contribution >= 4 is 0 Å². The van der Waals surface area contributed by atoms with Gasteiger partial charge in [0.25, 0.3) is 0 Å². The third-order valence-corrected chi connectivity index (χ3v) is 2.99. The van der Waals surface area contributed by atoms with Crippen LogP contribution in [0.15, 0.2) is 23.0 Å². The van der Waals surface area contributed by atoms with Gasteiger partial charge in [-0.2, -0.15) is 0 Å². The first kappa shape index (κ1) is 13.3. The molecule has 0 saturated heterocycles. The van der Waals surface area contributed by atoms with Crippen LogP contribution in [0.1, 0.15) is 32.3 Å². The summed E-state index contributed by atoms with van der Waals surface area (Å²) < 4.78 is 5.07. The van der Waals surface area contributed by atoms with Crippen LogP contribution in [-0.4, -0.2) is 31.1 Å². The smallest absolute Gasteiger partial charge is 0.0947 e. The van der Waals surface area contributed by atoms with E-state index in [-0.39, 0.29) is 0 Å². The fraction of sp³-hybridized carbons (Fsp3) is 0.692. The highest BCUT2D eigenvalue weighted by Gasteiger charge is 2.09. The molecule has 1 atom stereocenters. The summed E-state index contributed by atoms with van der Waals surface area (Å²) in [5.41, 5.74) is 1.25. The lowest BCUT2D eigenvalue weighted by Crippen LogP contribution is -2.29. The van der Waals surface area contributed by atoms with E-state index in [1.54, 1.807) is 6.26 Å². The average Bonchev–Trinajstić information content (AvgIpc) is 2.76. The maximum atomic E-state index is 5.07. The molecule has 1 N–H and O–H groups in total. The van der Waals surface area contributed by atoms with Crippen molar-refractivity contribution in [2.45, 2.75) is 39.3 Å². The maximum absolute atomic E-state index is 5.07. The van der Waals surface area contributed by atoms with Crippen LogP contribution in [0.5, 0.6) is 0 Å². The first-order valence-electron chi connectivity index (χ1n) is 6.16. The van der Waals surface area contributed by atoms with Crippen molar-refractivity contribution in [3.8, 4) is 0 Å². The number of hydrogen-bond donors (Lipinski definition) is 1. The van der Waals surface area contributed by atoms with Crippen LogP contribution in [0.3, 0.4) is 0 Å². The second kappa shape index (κ2) is 7.47. The second-order valence-electron chi connectivity index (χ2n) is 4.39. The van der Waals surface area contributed by atoms with Crippen molar-refractivity contribution < 1.29 is 4.42 Å². The Morgan fingerprint density at radius 3 is 2.94 bits per heavy atom. The Morgan fingerprint density at radius 2 is 2.31 bits per heavy atom. The second-order valence-corrected chi connectivity index (χ2v) is 4.39. The van der Waals surface area contributed by atoms with E-state index in [0.29, 0.717) is 6.04 Å². The Balaban J connectivity index is 2.17. The van der Waals surface area contributed by atoms with E-state index in [9.17, 15) is 0 Å². The van der Waals surface area contributed by atoms with Gasteiger partial charge in [-0.15, -0.1) is 0 Å². The molecule has 16 heavy (non-hydrogen) atoms. The number of nitrogens with zero attached hydrogens (tertiary/aromatic N) is 1. The Labute approximate surface area is 98.8 Å². The molecular weight excluding hydrogens is 200 g/mol. The van der Waals surface area contributed by atoms with Gasteiger partial charge in [0.2, 0.25) is 0 Å². The van der Waals surface area contributed by atoms with E-state index < -0.39 is 0 Å². The predicted molar refractivity (Wildman–Crippen MR) is 67.4 cm³/mol. The molecule has 1 rings (SSSR count). The Morgan fingerprint density at radius 1 is 1.50 bits per heavy atom. The van der Waals surface area contributed by atoms with Gasteiger partial charge >= 0.3 is 0 Å². The van der Waals surface area contributed by atoms with Crippen molar-refractivity contribution in [2.75, 3.05) is 20.1 Å². The van der Waals surface area contributed by atoms with Crippen LogP contribution in [0, 0.1) is 0 Å². The van der Waals surface area contributed by atoms with Gasteiger partial charge in [-0.25, -0.2) is 0 Å². The molecule has 1 aromatic rings. The summed E-state index contributed by atoms with van der Waals surface area (Å²) >= 11 is 0. The van der Waals surface area contributed by atoms with Crippen molar-refractivity contribution in [1.29, 1.82) is 0 Å². The minimum atomic E-state index is 0.619. The largest absolute Gasteiger partial charge is 0.472 e. The Hall–Kier alpha value is -0.800. The van der Waals surface area contributed by atoms with E-state index >= 15 is 0 Å². The number of furan rings is 1. The molecule has 0 aliphatic carbocycles. The molecule has 92 valence electrons. The molecule has 1 unspecified atom stereocenters. The van der Waals surface area contributed by atoms with Crippen molar-refractivity contribution in [3.05, 3.63) is 24.2 Å². The number of rotatable bonds is 8. The minimum absolute atomic E-state index is 0.619. The zero-order chi connectivity index (χ0) is 11.8. The number of nitrogens with one attached hydrogen (secondary N) is 1. The lowest BCUT2D eigenvalue weighted by molar-refractivity contribution is 0.234. The van der Waals surface area contributed by atoms with Gasteiger partial charge in [-0.1, -0.05) is 6.92 Å².